The Morgan fingerprint density at radius 3 is 2.45 bits per heavy atom. The maximum Gasteiger partial charge on any atom is 0.251 e. The first-order valence-corrected chi connectivity index (χ1v) is 11.5. The van der Waals surface area contributed by atoms with E-state index in [2.05, 4.69) is 9.88 Å². The number of fused-ring (bicyclic) bond motifs is 2. The summed E-state index contributed by atoms with van der Waals surface area (Å²) in [7, 11) is 0. The molecule has 2 bridgehead atoms. The van der Waals surface area contributed by atoms with Crippen molar-refractivity contribution in [2.24, 2.45) is 5.73 Å². The van der Waals surface area contributed by atoms with Crippen molar-refractivity contribution in [3.63, 3.8) is 0 Å². The number of nitrogens with two attached hydrogens (primary N) is 1. The molecule has 8 heteroatoms. The van der Waals surface area contributed by atoms with Crippen LogP contribution < -0.4 is 10.5 Å². The first-order valence-electron chi connectivity index (χ1n) is 10.7. The number of benzene rings is 1. The Hall–Kier alpha value is -1.89. The van der Waals surface area contributed by atoms with E-state index in [1.54, 1.807) is 18.2 Å². The van der Waals surface area contributed by atoms with Gasteiger partial charge >= 0.3 is 0 Å². The van der Waals surface area contributed by atoms with Crippen molar-refractivity contribution in [2.45, 2.75) is 69.2 Å². The van der Waals surface area contributed by atoms with Crippen LogP contribution in [-0.2, 0) is 6.54 Å². The number of amides is 1. The number of piperidine rings is 1. The number of rotatable bonds is 6. The standard InChI is InChI=1S/C23H24Cl2FN3O2/c24-14-6-21(25)28-22(7-14)31-17-8-15-3-4-16(9-17)29(15)11-13-5-20(26)19(23(27)30)10-18(13)12-1-2-12/h5-7,10,12,15-17H,1-4,8-9,11H2,(H2,27,30)/t15-,16+,17?. The van der Waals surface area contributed by atoms with Gasteiger partial charge in [0, 0.05) is 29.7 Å². The summed E-state index contributed by atoms with van der Waals surface area (Å²) in [6, 6.07) is 7.20. The Balaban J connectivity index is 1.32. The zero-order valence-electron chi connectivity index (χ0n) is 17.0. The predicted octanol–water partition coefficient (Wildman–Crippen LogP) is 5.08. The lowest BCUT2D eigenvalue weighted by Crippen LogP contribution is -2.46. The number of nitrogens with zero attached hydrogens (tertiary/aromatic N) is 2. The van der Waals surface area contributed by atoms with Crippen LogP contribution in [0.5, 0.6) is 5.88 Å². The maximum absolute atomic E-state index is 14.5. The van der Waals surface area contributed by atoms with E-state index in [9.17, 15) is 9.18 Å². The van der Waals surface area contributed by atoms with Gasteiger partial charge in [0.15, 0.2) is 0 Å². The van der Waals surface area contributed by atoms with Crippen LogP contribution in [0.15, 0.2) is 24.3 Å². The monoisotopic (exact) mass is 463 g/mol. The summed E-state index contributed by atoms with van der Waals surface area (Å²) in [5, 5.41) is 0.821. The van der Waals surface area contributed by atoms with Crippen molar-refractivity contribution in [3.8, 4) is 5.88 Å². The Morgan fingerprint density at radius 2 is 1.84 bits per heavy atom. The fraction of sp³-hybridized carbons (Fsp3) is 0.478. The summed E-state index contributed by atoms with van der Waals surface area (Å²) in [5.74, 6) is -0.374. The summed E-state index contributed by atoms with van der Waals surface area (Å²) in [6.07, 6.45) is 6.15. The van der Waals surface area contributed by atoms with Crippen LogP contribution in [0.2, 0.25) is 10.2 Å². The third kappa shape index (κ3) is 4.38. The predicted molar refractivity (Wildman–Crippen MR) is 117 cm³/mol. The van der Waals surface area contributed by atoms with Gasteiger partial charge in [-0.15, -0.1) is 0 Å². The van der Waals surface area contributed by atoms with Gasteiger partial charge in [0.25, 0.3) is 5.91 Å². The number of pyridine rings is 1. The highest BCUT2D eigenvalue weighted by Crippen LogP contribution is 2.44. The van der Waals surface area contributed by atoms with Crippen LogP contribution in [0.4, 0.5) is 4.39 Å². The van der Waals surface area contributed by atoms with Crippen LogP contribution in [0.1, 0.15) is 65.9 Å². The van der Waals surface area contributed by atoms with E-state index in [0.29, 0.717) is 40.6 Å². The molecule has 31 heavy (non-hydrogen) atoms. The summed E-state index contributed by atoms with van der Waals surface area (Å²) in [5.41, 5.74) is 7.41. The molecule has 5 nitrogen and oxygen atoms in total. The summed E-state index contributed by atoms with van der Waals surface area (Å²) in [6.45, 7) is 0.686. The molecule has 3 aliphatic rings. The average molecular weight is 464 g/mol. The van der Waals surface area contributed by atoms with Crippen LogP contribution in [0.25, 0.3) is 0 Å². The number of hydrogen-bond acceptors (Lipinski definition) is 4. The zero-order valence-corrected chi connectivity index (χ0v) is 18.5. The minimum Gasteiger partial charge on any atom is -0.474 e. The number of halogens is 3. The van der Waals surface area contributed by atoms with Gasteiger partial charge in [-0.2, -0.15) is 0 Å². The fourth-order valence-corrected chi connectivity index (χ4v) is 5.63. The van der Waals surface area contributed by atoms with E-state index < -0.39 is 11.7 Å². The molecule has 3 fully saturated rings. The molecule has 5 rings (SSSR count). The zero-order chi connectivity index (χ0) is 21.7. The molecule has 0 spiro atoms. The van der Waals surface area contributed by atoms with Gasteiger partial charge in [-0.25, -0.2) is 9.37 Å². The molecule has 1 amide bonds. The highest BCUT2D eigenvalue weighted by atomic mass is 35.5. The van der Waals surface area contributed by atoms with Crippen molar-refractivity contribution in [3.05, 3.63) is 56.9 Å². The Labute approximate surface area is 190 Å². The van der Waals surface area contributed by atoms with E-state index in [-0.39, 0.29) is 11.7 Å². The lowest BCUT2D eigenvalue weighted by Gasteiger charge is -2.39. The number of carbonyl (C=O) groups excluding carboxylic acids is 1. The van der Waals surface area contributed by atoms with E-state index in [1.165, 1.54) is 6.07 Å². The number of hydrogen-bond donors (Lipinski definition) is 1. The van der Waals surface area contributed by atoms with Gasteiger partial charge < -0.3 is 10.5 Å². The highest BCUT2D eigenvalue weighted by molar-refractivity contribution is 6.34. The third-order valence-electron chi connectivity index (χ3n) is 6.73. The SMILES string of the molecule is NC(=O)c1cc(C2CC2)c(CN2[C@@H]3CC[C@H]2CC(Oc2cc(Cl)cc(Cl)n2)C3)cc1F. The molecule has 1 aromatic heterocycles. The molecule has 2 saturated heterocycles. The highest BCUT2D eigenvalue weighted by Gasteiger charge is 2.42. The average Bonchev–Trinajstić information content (AvgIpc) is 3.48. The smallest absolute Gasteiger partial charge is 0.251 e. The van der Waals surface area contributed by atoms with Gasteiger partial charge in [-0.3, -0.25) is 9.69 Å². The summed E-state index contributed by atoms with van der Waals surface area (Å²) in [4.78, 5) is 18.3. The molecular weight excluding hydrogens is 440 g/mol. The lowest BCUT2D eigenvalue weighted by molar-refractivity contribution is 0.0420. The molecule has 3 atom stereocenters. The molecule has 2 aliphatic heterocycles. The minimum absolute atomic E-state index is 0.00610. The van der Waals surface area contributed by atoms with Crippen molar-refractivity contribution in [1.29, 1.82) is 0 Å². The molecule has 0 radical (unpaired) electrons. The molecule has 1 saturated carbocycles. The van der Waals surface area contributed by atoms with E-state index in [1.807, 2.05) is 0 Å². The quantitative estimate of drug-likeness (QED) is 0.606. The van der Waals surface area contributed by atoms with Crippen molar-refractivity contribution >= 4 is 29.1 Å². The summed E-state index contributed by atoms with van der Waals surface area (Å²) >= 11 is 12.1. The van der Waals surface area contributed by atoms with Gasteiger partial charge in [0.1, 0.15) is 17.1 Å². The van der Waals surface area contributed by atoms with Gasteiger partial charge in [-0.05, 0) is 73.8 Å². The molecule has 3 heterocycles. The van der Waals surface area contributed by atoms with Crippen LogP contribution in [0.3, 0.4) is 0 Å². The normalized spacial score (nSPS) is 25.6. The molecular formula is C23H24Cl2FN3O2. The number of ether oxygens (including phenoxy) is 1. The third-order valence-corrected chi connectivity index (χ3v) is 7.14. The lowest BCUT2D eigenvalue weighted by atomic mass is 9.95. The Bertz CT molecular complexity index is 996. The van der Waals surface area contributed by atoms with Crippen molar-refractivity contribution in [2.75, 3.05) is 0 Å². The minimum atomic E-state index is -0.710. The van der Waals surface area contributed by atoms with E-state index >= 15 is 0 Å². The molecule has 1 aliphatic carbocycles. The number of carbonyl (C=O) groups is 1. The Morgan fingerprint density at radius 1 is 1.13 bits per heavy atom. The van der Waals surface area contributed by atoms with Gasteiger partial charge in [0.05, 0.1) is 5.56 Å². The second kappa shape index (κ2) is 8.23. The molecule has 164 valence electrons. The first-order chi connectivity index (χ1) is 14.9. The van der Waals surface area contributed by atoms with Crippen LogP contribution in [-0.4, -0.2) is 34.0 Å². The van der Waals surface area contributed by atoms with E-state index in [4.69, 9.17) is 33.7 Å². The van der Waals surface area contributed by atoms with Gasteiger partial charge in [0.2, 0.25) is 5.88 Å². The second-order valence-corrected chi connectivity index (χ2v) is 9.71. The van der Waals surface area contributed by atoms with E-state index in [0.717, 1.165) is 49.7 Å². The molecule has 2 aromatic rings. The molecule has 1 unspecified atom stereocenters. The fourth-order valence-electron chi connectivity index (χ4n) is 5.18. The topological polar surface area (TPSA) is 68.5 Å². The molecule has 1 aromatic carbocycles. The molecule has 2 N–H and O–H groups in total. The Kier molecular flexibility index (Phi) is 5.57. The van der Waals surface area contributed by atoms with Crippen molar-refractivity contribution in [1.82, 2.24) is 9.88 Å². The largest absolute Gasteiger partial charge is 0.474 e. The summed E-state index contributed by atoms with van der Waals surface area (Å²) < 4.78 is 20.6. The number of aromatic nitrogens is 1. The first kappa shape index (κ1) is 21.0. The van der Waals surface area contributed by atoms with Gasteiger partial charge in [-0.1, -0.05) is 23.2 Å². The maximum atomic E-state index is 14.5. The van der Waals surface area contributed by atoms with Crippen molar-refractivity contribution < 1.29 is 13.9 Å². The van der Waals surface area contributed by atoms with Crippen LogP contribution in [0, 0.1) is 5.82 Å². The van der Waals surface area contributed by atoms with Crippen LogP contribution >= 0.6 is 23.2 Å². The number of primary amides is 1. The second-order valence-electron chi connectivity index (χ2n) is 8.88.